The molecule has 1 saturated heterocycles. The van der Waals surface area contributed by atoms with Crippen molar-refractivity contribution in [1.29, 1.82) is 0 Å². The monoisotopic (exact) mass is 239 g/mol. The maximum absolute atomic E-state index is 12.1. The number of aromatic nitrogens is 1. The number of nitrogens with zero attached hydrogens (tertiary/aromatic N) is 1. The average Bonchev–Trinajstić information content (AvgIpc) is 2.74. The van der Waals surface area contributed by atoms with E-state index in [1.54, 1.807) is 17.2 Å². The number of hydrogen-bond acceptors (Lipinski definition) is 4. The zero-order valence-corrected chi connectivity index (χ0v) is 9.72. The largest absolute Gasteiger partial charge is 0.397 e. The molecule has 1 aromatic rings. The summed E-state index contributed by atoms with van der Waals surface area (Å²) >= 11 is 0. The lowest BCUT2D eigenvalue weighted by Crippen LogP contribution is -2.50. The van der Waals surface area contributed by atoms with E-state index in [0.29, 0.717) is 24.5 Å². The number of aliphatic hydroxyl groups is 1. The predicted octanol–water partition coefficient (Wildman–Crippen LogP) is -0.181. The van der Waals surface area contributed by atoms with Gasteiger partial charge in [0.05, 0.1) is 18.8 Å². The van der Waals surface area contributed by atoms with Crippen LogP contribution in [-0.4, -0.2) is 52.8 Å². The number of aromatic amines is 1. The number of rotatable bonds is 2. The first kappa shape index (κ1) is 11.9. The third-order valence-corrected chi connectivity index (χ3v) is 2.75. The first-order chi connectivity index (χ1) is 8.10. The van der Waals surface area contributed by atoms with E-state index in [4.69, 9.17) is 15.6 Å². The molecule has 4 N–H and O–H groups in total. The number of carbonyl (C=O) groups is 1. The van der Waals surface area contributed by atoms with Gasteiger partial charge in [-0.25, -0.2) is 0 Å². The minimum Gasteiger partial charge on any atom is -0.397 e. The first-order valence-electron chi connectivity index (χ1n) is 5.59. The molecular weight excluding hydrogens is 222 g/mol. The lowest BCUT2D eigenvalue weighted by Gasteiger charge is -2.35. The predicted molar refractivity (Wildman–Crippen MR) is 62.5 cm³/mol. The van der Waals surface area contributed by atoms with Gasteiger partial charge in [0.15, 0.2) is 0 Å². The van der Waals surface area contributed by atoms with Gasteiger partial charge in [0.1, 0.15) is 5.69 Å². The zero-order valence-electron chi connectivity index (χ0n) is 9.72. The van der Waals surface area contributed by atoms with Crippen LogP contribution in [0.5, 0.6) is 0 Å². The highest BCUT2D eigenvalue weighted by molar-refractivity contribution is 5.93. The van der Waals surface area contributed by atoms with Crippen LogP contribution in [-0.2, 0) is 4.74 Å². The number of amides is 1. The molecule has 2 heterocycles. The second-order valence-electron chi connectivity index (χ2n) is 4.31. The van der Waals surface area contributed by atoms with Crippen molar-refractivity contribution in [3.8, 4) is 0 Å². The third-order valence-electron chi connectivity index (χ3n) is 2.75. The van der Waals surface area contributed by atoms with Crippen LogP contribution in [0.3, 0.4) is 0 Å². The van der Waals surface area contributed by atoms with Gasteiger partial charge in [-0.05, 0) is 13.0 Å². The first-order valence-corrected chi connectivity index (χ1v) is 5.59. The molecule has 0 aliphatic carbocycles. The van der Waals surface area contributed by atoms with Crippen molar-refractivity contribution < 1.29 is 14.6 Å². The molecule has 2 atom stereocenters. The molecule has 6 nitrogen and oxygen atoms in total. The third kappa shape index (κ3) is 2.59. The van der Waals surface area contributed by atoms with Crippen LogP contribution in [0.15, 0.2) is 12.3 Å². The highest BCUT2D eigenvalue weighted by Crippen LogP contribution is 2.15. The number of hydrogen-bond donors (Lipinski definition) is 3. The Kier molecular flexibility index (Phi) is 3.35. The van der Waals surface area contributed by atoms with E-state index in [0.717, 1.165) is 0 Å². The SMILES string of the molecule is CC1CN(C(=O)c2cc(N)c[nH]2)CC(CO)O1. The van der Waals surface area contributed by atoms with Crippen molar-refractivity contribution in [3.05, 3.63) is 18.0 Å². The fourth-order valence-corrected chi connectivity index (χ4v) is 2.02. The molecule has 0 radical (unpaired) electrons. The maximum Gasteiger partial charge on any atom is 0.270 e. The molecule has 1 amide bonds. The summed E-state index contributed by atoms with van der Waals surface area (Å²) < 4.78 is 5.48. The molecule has 17 heavy (non-hydrogen) atoms. The number of ether oxygens (including phenoxy) is 1. The summed E-state index contributed by atoms with van der Waals surface area (Å²) in [6, 6.07) is 1.61. The molecule has 0 aromatic carbocycles. The van der Waals surface area contributed by atoms with E-state index >= 15 is 0 Å². The molecule has 0 saturated carbocycles. The van der Waals surface area contributed by atoms with Gasteiger partial charge in [0.25, 0.3) is 5.91 Å². The fourth-order valence-electron chi connectivity index (χ4n) is 2.02. The smallest absolute Gasteiger partial charge is 0.270 e. The van der Waals surface area contributed by atoms with E-state index in [1.807, 2.05) is 6.92 Å². The molecule has 94 valence electrons. The molecule has 1 aromatic heterocycles. The minimum atomic E-state index is -0.310. The van der Waals surface area contributed by atoms with E-state index < -0.39 is 0 Å². The second-order valence-corrected chi connectivity index (χ2v) is 4.31. The molecule has 1 fully saturated rings. The van der Waals surface area contributed by atoms with E-state index in [2.05, 4.69) is 4.98 Å². The Hall–Kier alpha value is -1.53. The van der Waals surface area contributed by atoms with Gasteiger partial charge >= 0.3 is 0 Å². The zero-order chi connectivity index (χ0) is 12.4. The maximum atomic E-state index is 12.1. The van der Waals surface area contributed by atoms with Gasteiger partial charge in [-0.15, -0.1) is 0 Å². The van der Waals surface area contributed by atoms with Gasteiger partial charge in [-0.2, -0.15) is 0 Å². The van der Waals surface area contributed by atoms with Crippen LogP contribution in [0.25, 0.3) is 0 Å². The topological polar surface area (TPSA) is 91.6 Å². The van der Waals surface area contributed by atoms with Crippen molar-refractivity contribution >= 4 is 11.6 Å². The molecule has 2 unspecified atom stereocenters. The lowest BCUT2D eigenvalue weighted by atomic mass is 10.2. The highest BCUT2D eigenvalue weighted by Gasteiger charge is 2.28. The molecule has 1 aliphatic rings. The average molecular weight is 239 g/mol. The summed E-state index contributed by atoms with van der Waals surface area (Å²) in [5.41, 5.74) is 6.56. The fraction of sp³-hybridized carbons (Fsp3) is 0.545. The van der Waals surface area contributed by atoms with Gasteiger partial charge < -0.3 is 25.5 Å². The number of aliphatic hydroxyl groups excluding tert-OH is 1. The number of nitrogens with one attached hydrogen (secondary N) is 1. The van der Waals surface area contributed by atoms with E-state index in [9.17, 15) is 4.79 Å². The van der Waals surface area contributed by atoms with E-state index in [1.165, 1.54) is 0 Å². The Labute approximate surface area is 99.4 Å². The second kappa shape index (κ2) is 4.77. The normalized spacial score (nSPS) is 24.9. The number of anilines is 1. The van der Waals surface area contributed by atoms with Crippen molar-refractivity contribution in [2.24, 2.45) is 0 Å². The summed E-state index contributed by atoms with van der Waals surface area (Å²) in [4.78, 5) is 16.6. The summed E-state index contributed by atoms with van der Waals surface area (Å²) in [6.07, 6.45) is 1.20. The van der Waals surface area contributed by atoms with Crippen LogP contribution in [0.4, 0.5) is 5.69 Å². The minimum absolute atomic E-state index is 0.0721. The van der Waals surface area contributed by atoms with Crippen LogP contribution in [0.1, 0.15) is 17.4 Å². The number of nitrogen functional groups attached to an aromatic ring is 1. The summed E-state index contributed by atoms with van der Waals surface area (Å²) in [5, 5.41) is 9.09. The Morgan fingerprint density at radius 2 is 2.47 bits per heavy atom. The van der Waals surface area contributed by atoms with Crippen molar-refractivity contribution in [2.75, 3.05) is 25.4 Å². The molecule has 2 rings (SSSR count). The number of morpholine rings is 1. The van der Waals surface area contributed by atoms with Gasteiger partial charge in [0.2, 0.25) is 0 Å². The highest BCUT2D eigenvalue weighted by atomic mass is 16.5. The van der Waals surface area contributed by atoms with Crippen molar-refractivity contribution in [2.45, 2.75) is 19.1 Å². The molecule has 0 bridgehead atoms. The Morgan fingerprint density at radius 3 is 3.06 bits per heavy atom. The molecule has 1 aliphatic heterocycles. The Bertz CT molecular complexity index is 404. The standard InChI is InChI=1S/C11H17N3O3/c1-7-4-14(5-9(6-15)17-7)11(16)10-2-8(12)3-13-10/h2-3,7,9,13,15H,4-6,12H2,1H3. The number of H-pyrrole nitrogens is 1. The van der Waals surface area contributed by atoms with Gasteiger partial charge in [0, 0.05) is 25.0 Å². The van der Waals surface area contributed by atoms with Crippen LogP contribution in [0.2, 0.25) is 0 Å². The van der Waals surface area contributed by atoms with Gasteiger partial charge in [-0.3, -0.25) is 4.79 Å². The van der Waals surface area contributed by atoms with E-state index in [-0.39, 0.29) is 24.7 Å². The van der Waals surface area contributed by atoms with Crippen LogP contribution in [0, 0.1) is 0 Å². The van der Waals surface area contributed by atoms with Crippen molar-refractivity contribution in [3.63, 3.8) is 0 Å². The molecule has 6 heteroatoms. The summed E-state index contributed by atoms with van der Waals surface area (Å²) in [6.45, 7) is 2.72. The number of nitrogens with two attached hydrogens (primary N) is 1. The number of carbonyl (C=O) groups excluding carboxylic acids is 1. The van der Waals surface area contributed by atoms with Gasteiger partial charge in [-0.1, -0.05) is 0 Å². The molecular formula is C11H17N3O3. The van der Waals surface area contributed by atoms with Crippen molar-refractivity contribution in [1.82, 2.24) is 9.88 Å². The molecule has 0 spiro atoms. The van der Waals surface area contributed by atoms with Crippen LogP contribution >= 0.6 is 0 Å². The summed E-state index contributed by atoms with van der Waals surface area (Å²) in [5.74, 6) is -0.115. The Balaban J connectivity index is 2.08. The Morgan fingerprint density at radius 1 is 1.71 bits per heavy atom. The quantitative estimate of drug-likeness (QED) is 0.667. The van der Waals surface area contributed by atoms with Crippen LogP contribution < -0.4 is 5.73 Å². The lowest BCUT2D eigenvalue weighted by molar-refractivity contribution is -0.0859. The summed E-state index contributed by atoms with van der Waals surface area (Å²) in [7, 11) is 0.